The lowest BCUT2D eigenvalue weighted by atomic mass is 10.0. The van der Waals surface area contributed by atoms with Crippen molar-refractivity contribution in [1.29, 1.82) is 0 Å². The Hall–Kier alpha value is -1.88. The summed E-state index contributed by atoms with van der Waals surface area (Å²) in [5, 5.41) is 3.01. The second kappa shape index (κ2) is 8.48. The van der Waals surface area contributed by atoms with E-state index in [9.17, 15) is 9.59 Å². The molecule has 0 aromatic heterocycles. The van der Waals surface area contributed by atoms with Gasteiger partial charge >= 0.3 is 0 Å². The molecule has 0 radical (unpaired) electrons. The van der Waals surface area contributed by atoms with E-state index in [0.29, 0.717) is 24.6 Å². The molecule has 2 aliphatic heterocycles. The molecular weight excluding hydrogens is 314 g/mol. The van der Waals surface area contributed by atoms with E-state index in [4.69, 9.17) is 0 Å². The molecule has 0 bridgehead atoms. The Labute approximate surface area is 150 Å². The first-order valence-electron chi connectivity index (χ1n) is 9.58. The maximum absolute atomic E-state index is 12.4. The van der Waals surface area contributed by atoms with Crippen molar-refractivity contribution in [2.45, 2.75) is 51.5 Å². The van der Waals surface area contributed by atoms with Crippen LogP contribution < -0.4 is 10.2 Å². The number of hydrogen-bond acceptors (Lipinski definition) is 3. The molecule has 5 nitrogen and oxygen atoms in total. The first-order chi connectivity index (χ1) is 12.1. The van der Waals surface area contributed by atoms with Crippen LogP contribution in [0.5, 0.6) is 0 Å². The van der Waals surface area contributed by atoms with Crippen LogP contribution in [0.4, 0.5) is 5.69 Å². The molecular formula is C20H29N3O2. The van der Waals surface area contributed by atoms with Crippen LogP contribution in [-0.2, 0) is 4.79 Å². The number of benzene rings is 1. The molecule has 25 heavy (non-hydrogen) atoms. The summed E-state index contributed by atoms with van der Waals surface area (Å²) >= 11 is 0. The average molecular weight is 343 g/mol. The molecule has 2 aliphatic rings. The van der Waals surface area contributed by atoms with Gasteiger partial charge in [-0.3, -0.25) is 9.59 Å². The van der Waals surface area contributed by atoms with Gasteiger partial charge in [0.2, 0.25) is 5.91 Å². The van der Waals surface area contributed by atoms with E-state index in [-0.39, 0.29) is 11.8 Å². The fraction of sp³-hybridized carbons (Fsp3) is 0.600. The average Bonchev–Trinajstić information content (AvgIpc) is 3.06. The van der Waals surface area contributed by atoms with Gasteiger partial charge in [0, 0.05) is 43.3 Å². The number of likely N-dealkylation sites (tertiary alicyclic amines) is 1. The fourth-order valence-corrected chi connectivity index (χ4v) is 3.81. The molecule has 0 aliphatic carbocycles. The summed E-state index contributed by atoms with van der Waals surface area (Å²) in [5.41, 5.74) is 1.46. The van der Waals surface area contributed by atoms with E-state index in [1.807, 2.05) is 24.3 Å². The molecule has 2 fully saturated rings. The van der Waals surface area contributed by atoms with Gasteiger partial charge in [-0.15, -0.1) is 0 Å². The first kappa shape index (κ1) is 17.9. The minimum Gasteiger partial charge on any atom is -0.352 e. The molecule has 1 aromatic rings. The maximum Gasteiger partial charge on any atom is 0.251 e. The summed E-state index contributed by atoms with van der Waals surface area (Å²) in [6.07, 6.45) is 6.38. The van der Waals surface area contributed by atoms with Gasteiger partial charge in [-0.25, -0.2) is 0 Å². The summed E-state index contributed by atoms with van der Waals surface area (Å²) in [7, 11) is 0. The summed E-state index contributed by atoms with van der Waals surface area (Å²) in [6.45, 7) is 5.96. The summed E-state index contributed by atoms with van der Waals surface area (Å²) in [5.74, 6) is 0.0911. The number of amides is 2. The van der Waals surface area contributed by atoms with Crippen LogP contribution in [0.3, 0.4) is 0 Å². The zero-order chi connectivity index (χ0) is 17.6. The minimum atomic E-state index is -0.0554. The van der Waals surface area contributed by atoms with E-state index in [2.05, 4.69) is 17.1 Å². The predicted octanol–water partition coefficient (Wildman–Crippen LogP) is 2.81. The van der Waals surface area contributed by atoms with Gasteiger partial charge in [0.25, 0.3) is 5.91 Å². The van der Waals surface area contributed by atoms with Gasteiger partial charge in [0.05, 0.1) is 0 Å². The SMILES string of the molecule is C[C@@H]1CCCCN1CCCNC(=O)c1cccc(N2CCCC2=O)c1. The largest absolute Gasteiger partial charge is 0.352 e. The Morgan fingerprint density at radius 2 is 2.12 bits per heavy atom. The number of carbonyl (C=O) groups is 2. The van der Waals surface area contributed by atoms with E-state index in [1.165, 1.54) is 25.8 Å². The molecule has 2 amide bonds. The number of nitrogens with zero attached hydrogens (tertiary/aromatic N) is 2. The van der Waals surface area contributed by atoms with E-state index in [0.717, 1.165) is 31.6 Å². The molecule has 1 N–H and O–H groups in total. The highest BCUT2D eigenvalue weighted by molar-refractivity contribution is 5.99. The van der Waals surface area contributed by atoms with Gasteiger partial charge in [-0.05, 0) is 57.4 Å². The summed E-state index contributed by atoms with van der Waals surface area (Å²) in [6, 6.07) is 8.06. The third-order valence-corrected chi connectivity index (χ3v) is 5.34. The highest BCUT2D eigenvalue weighted by atomic mass is 16.2. The van der Waals surface area contributed by atoms with Crippen molar-refractivity contribution in [3.05, 3.63) is 29.8 Å². The quantitative estimate of drug-likeness (QED) is 0.808. The molecule has 2 saturated heterocycles. The van der Waals surface area contributed by atoms with E-state index >= 15 is 0 Å². The van der Waals surface area contributed by atoms with Crippen LogP contribution in [0.2, 0.25) is 0 Å². The zero-order valence-electron chi connectivity index (χ0n) is 15.2. The minimum absolute atomic E-state index is 0.0554. The van der Waals surface area contributed by atoms with Crippen molar-refractivity contribution < 1.29 is 9.59 Å². The van der Waals surface area contributed by atoms with Crippen molar-refractivity contribution in [2.75, 3.05) is 31.1 Å². The number of anilines is 1. The molecule has 5 heteroatoms. The van der Waals surface area contributed by atoms with Crippen molar-refractivity contribution in [2.24, 2.45) is 0 Å². The molecule has 1 atom stereocenters. The third kappa shape index (κ3) is 4.60. The number of carbonyl (C=O) groups excluding carboxylic acids is 2. The number of rotatable bonds is 6. The van der Waals surface area contributed by atoms with E-state index in [1.54, 1.807) is 4.90 Å². The van der Waals surface area contributed by atoms with Crippen LogP contribution in [0.25, 0.3) is 0 Å². The van der Waals surface area contributed by atoms with Crippen LogP contribution in [0, 0.1) is 0 Å². The highest BCUT2D eigenvalue weighted by Gasteiger charge is 2.22. The smallest absolute Gasteiger partial charge is 0.251 e. The Morgan fingerprint density at radius 3 is 2.88 bits per heavy atom. The lowest BCUT2D eigenvalue weighted by molar-refractivity contribution is -0.117. The second-order valence-corrected chi connectivity index (χ2v) is 7.19. The van der Waals surface area contributed by atoms with Crippen LogP contribution in [0.15, 0.2) is 24.3 Å². The summed E-state index contributed by atoms with van der Waals surface area (Å²) in [4.78, 5) is 28.5. The maximum atomic E-state index is 12.4. The van der Waals surface area contributed by atoms with Crippen molar-refractivity contribution in [1.82, 2.24) is 10.2 Å². The third-order valence-electron chi connectivity index (χ3n) is 5.34. The van der Waals surface area contributed by atoms with E-state index < -0.39 is 0 Å². The van der Waals surface area contributed by atoms with Gasteiger partial charge < -0.3 is 15.1 Å². The normalized spacial score (nSPS) is 21.6. The number of hydrogen-bond donors (Lipinski definition) is 1. The molecule has 0 unspecified atom stereocenters. The van der Waals surface area contributed by atoms with Gasteiger partial charge in [-0.1, -0.05) is 12.5 Å². The Balaban J connectivity index is 1.47. The lowest BCUT2D eigenvalue weighted by Crippen LogP contribution is -2.39. The molecule has 0 spiro atoms. The molecule has 3 rings (SSSR count). The van der Waals surface area contributed by atoms with Crippen LogP contribution in [-0.4, -0.2) is 48.9 Å². The number of nitrogens with one attached hydrogen (secondary N) is 1. The monoisotopic (exact) mass is 343 g/mol. The molecule has 2 heterocycles. The van der Waals surface area contributed by atoms with Crippen LogP contribution in [0.1, 0.15) is 55.8 Å². The highest BCUT2D eigenvalue weighted by Crippen LogP contribution is 2.22. The Bertz CT molecular complexity index is 617. The molecule has 1 aromatic carbocycles. The van der Waals surface area contributed by atoms with Gasteiger partial charge in [0.1, 0.15) is 0 Å². The van der Waals surface area contributed by atoms with Crippen molar-refractivity contribution in [3.63, 3.8) is 0 Å². The zero-order valence-corrected chi connectivity index (χ0v) is 15.2. The summed E-state index contributed by atoms with van der Waals surface area (Å²) < 4.78 is 0. The van der Waals surface area contributed by atoms with Gasteiger partial charge in [-0.2, -0.15) is 0 Å². The fourth-order valence-electron chi connectivity index (χ4n) is 3.81. The van der Waals surface area contributed by atoms with Crippen molar-refractivity contribution >= 4 is 17.5 Å². The topological polar surface area (TPSA) is 52.7 Å². The predicted molar refractivity (Wildman–Crippen MR) is 99.9 cm³/mol. The molecule has 136 valence electrons. The van der Waals surface area contributed by atoms with Crippen molar-refractivity contribution in [3.8, 4) is 0 Å². The van der Waals surface area contributed by atoms with Gasteiger partial charge in [0.15, 0.2) is 0 Å². The lowest BCUT2D eigenvalue weighted by Gasteiger charge is -2.33. The first-order valence-corrected chi connectivity index (χ1v) is 9.58. The standard InChI is InChI=1S/C20H29N3O2/c1-16-7-2-3-12-22(16)13-6-11-21-20(25)17-8-4-9-18(15-17)23-14-5-10-19(23)24/h4,8-9,15-16H,2-3,5-7,10-14H2,1H3,(H,21,25)/t16-/m1/s1. The molecule has 0 saturated carbocycles. The number of piperidine rings is 1. The van der Waals surface area contributed by atoms with Crippen LogP contribution >= 0.6 is 0 Å². The Morgan fingerprint density at radius 1 is 1.24 bits per heavy atom. The second-order valence-electron chi connectivity index (χ2n) is 7.19. The Kier molecular flexibility index (Phi) is 6.08.